The van der Waals surface area contributed by atoms with Gasteiger partial charge in [-0.05, 0) is 24.1 Å². The Balaban J connectivity index is 2.21. The van der Waals surface area contributed by atoms with Crippen molar-refractivity contribution in [1.29, 1.82) is 0 Å². The van der Waals surface area contributed by atoms with E-state index in [0.717, 1.165) is 25.4 Å². The van der Waals surface area contributed by atoms with Crippen molar-refractivity contribution in [2.24, 2.45) is 5.92 Å². The molecule has 1 N–H and O–H groups in total. The predicted molar refractivity (Wildman–Crippen MR) is 75.5 cm³/mol. The zero-order valence-electron chi connectivity index (χ0n) is 11.8. The molecule has 104 valence electrons. The maximum Gasteiger partial charge on any atom is 0.254 e. The lowest BCUT2D eigenvalue weighted by Crippen LogP contribution is -2.55. The van der Waals surface area contributed by atoms with Gasteiger partial charge in [-0.15, -0.1) is 0 Å². The summed E-state index contributed by atoms with van der Waals surface area (Å²) in [7, 11) is 1.62. The highest BCUT2D eigenvalue weighted by atomic mass is 16.5. The van der Waals surface area contributed by atoms with Crippen molar-refractivity contribution in [3.05, 3.63) is 29.8 Å². The van der Waals surface area contributed by atoms with E-state index in [1.54, 1.807) is 7.11 Å². The molecule has 19 heavy (non-hydrogen) atoms. The number of piperazine rings is 1. The van der Waals surface area contributed by atoms with Crippen LogP contribution in [0.15, 0.2) is 24.3 Å². The van der Waals surface area contributed by atoms with Crippen LogP contribution in [0.2, 0.25) is 0 Å². The van der Waals surface area contributed by atoms with Crippen LogP contribution in [0.4, 0.5) is 0 Å². The summed E-state index contributed by atoms with van der Waals surface area (Å²) < 4.78 is 5.18. The highest BCUT2D eigenvalue weighted by Gasteiger charge is 2.29. The van der Waals surface area contributed by atoms with E-state index in [1.165, 1.54) is 0 Å². The van der Waals surface area contributed by atoms with Crippen LogP contribution in [0.1, 0.15) is 24.2 Å². The molecule has 1 unspecified atom stereocenters. The van der Waals surface area contributed by atoms with Crippen LogP contribution in [0.5, 0.6) is 5.75 Å². The topological polar surface area (TPSA) is 41.6 Å². The predicted octanol–water partition coefficient (Wildman–Crippen LogP) is 1.77. The van der Waals surface area contributed by atoms with Crippen molar-refractivity contribution in [2.45, 2.75) is 19.9 Å². The molecule has 1 heterocycles. The van der Waals surface area contributed by atoms with E-state index >= 15 is 0 Å². The maximum atomic E-state index is 12.6. The van der Waals surface area contributed by atoms with Gasteiger partial charge in [0.25, 0.3) is 5.91 Å². The first-order valence-corrected chi connectivity index (χ1v) is 6.79. The van der Waals surface area contributed by atoms with Gasteiger partial charge < -0.3 is 15.0 Å². The van der Waals surface area contributed by atoms with Crippen LogP contribution in [0, 0.1) is 5.92 Å². The van der Waals surface area contributed by atoms with Gasteiger partial charge in [0.2, 0.25) is 0 Å². The summed E-state index contributed by atoms with van der Waals surface area (Å²) in [6, 6.07) is 7.63. The number of benzene rings is 1. The Morgan fingerprint density at radius 1 is 1.47 bits per heavy atom. The molecule has 0 aromatic heterocycles. The summed E-state index contributed by atoms with van der Waals surface area (Å²) in [4.78, 5) is 14.6. The Kier molecular flexibility index (Phi) is 4.43. The molecule has 1 aromatic carbocycles. The first kappa shape index (κ1) is 13.9. The van der Waals surface area contributed by atoms with Gasteiger partial charge >= 0.3 is 0 Å². The fourth-order valence-corrected chi connectivity index (χ4v) is 2.50. The minimum Gasteiger partial charge on any atom is -0.497 e. The molecule has 1 aromatic rings. The zero-order chi connectivity index (χ0) is 13.8. The van der Waals surface area contributed by atoms with E-state index < -0.39 is 0 Å². The van der Waals surface area contributed by atoms with E-state index in [9.17, 15) is 4.79 Å². The van der Waals surface area contributed by atoms with Crippen LogP contribution < -0.4 is 10.1 Å². The zero-order valence-corrected chi connectivity index (χ0v) is 11.8. The van der Waals surface area contributed by atoms with Crippen LogP contribution in [-0.2, 0) is 0 Å². The summed E-state index contributed by atoms with van der Waals surface area (Å²) in [6.07, 6.45) is 0. The van der Waals surface area contributed by atoms with Gasteiger partial charge in [-0.1, -0.05) is 19.9 Å². The molecule has 1 aliphatic heterocycles. The summed E-state index contributed by atoms with van der Waals surface area (Å²) in [6.45, 7) is 6.80. The van der Waals surface area contributed by atoms with Crippen molar-refractivity contribution < 1.29 is 9.53 Å². The molecule has 0 aliphatic carbocycles. The Hall–Kier alpha value is -1.55. The summed E-state index contributed by atoms with van der Waals surface area (Å²) in [5, 5.41) is 3.36. The second kappa shape index (κ2) is 6.06. The largest absolute Gasteiger partial charge is 0.497 e. The van der Waals surface area contributed by atoms with Gasteiger partial charge in [-0.3, -0.25) is 4.79 Å². The molecule has 1 aliphatic rings. The van der Waals surface area contributed by atoms with E-state index in [4.69, 9.17) is 4.74 Å². The molecule has 0 bridgehead atoms. The number of ether oxygens (including phenoxy) is 1. The van der Waals surface area contributed by atoms with Gasteiger partial charge in [-0.2, -0.15) is 0 Å². The molecular weight excluding hydrogens is 240 g/mol. The molecule has 0 saturated carbocycles. The minimum atomic E-state index is 0.0964. The lowest BCUT2D eigenvalue weighted by atomic mass is 9.99. The van der Waals surface area contributed by atoms with Crippen LogP contribution >= 0.6 is 0 Å². The molecule has 1 fully saturated rings. The van der Waals surface area contributed by atoms with E-state index in [1.807, 2.05) is 29.2 Å². The number of carbonyl (C=O) groups excluding carboxylic acids is 1. The first-order chi connectivity index (χ1) is 9.13. The Labute approximate surface area is 114 Å². The number of hydrogen-bond acceptors (Lipinski definition) is 3. The van der Waals surface area contributed by atoms with E-state index in [0.29, 0.717) is 11.5 Å². The first-order valence-electron chi connectivity index (χ1n) is 6.79. The van der Waals surface area contributed by atoms with Gasteiger partial charge in [0.1, 0.15) is 5.75 Å². The Bertz CT molecular complexity index is 446. The molecule has 1 saturated heterocycles. The highest BCUT2D eigenvalue weighted by Crippen LogP contribution is 2.19. The van der Waals surface area contributed by atoms with E-state index in [-0.39, 0.29) is 11.9 Å². The molecule has 0 spiro atoms. The number of nitrogens with zero attached hydrogens (tertiary/aromatic N) is 1. The third-order valence-corrected chi connectivity index (χ3v) is 3.63. The second-order valence-corrected chi connectivity index (χ2v) is 5.25. The minimum absolute atomic E-state index is 0.0964. The van der Waals surface area contributed by atoms with E-state index in [2.05, 4.69) is 19.2 Å². The van der Waals surface area contributed by atoms with Gasteiger partial charge in [0.05, 0.1) is 7.11 Å². The molecule has 0 radical (unpaired) electrons. The van der Waals surface area contributed by atoms with Crippen LogP contribution in [0.3, 0.4) is 0 Å². The molecule has 2 rings (SSSR count). The van der Waals surface area contributed by atoms with Crippen molar-refractivity contribution >= 4 is 5.91 Å². The van der Waals surface area contributed by atoms with Crippen molar-refractivity contribution in [3.8, 4) is 5.75 Å². The van der Waals surface area contributed by atoms with Gasteiger partial charge in [0, 0.05) is 31.2 Å². The molecule has 4 nitrogen and oxygen atoms in total. The fraction of sp³-hybridized carbons (Fsp3) is 0.533. The van der Waals surface area contributed by atoms with Crippen molar-refractivity contribution in [2.75, 3.05) is 26.7 Å². The third-order valence-electron chi connectivity index (χ3n) is 3.63. The molecule has 4 heteroatoms. The van der Waals surface area contributed by atoms with Crippen LogP contribution in [-0.4, -0.2) is 43.6 Å². The van der Waals surface area contributed by atoms with Crippen LogP contribution in [0.25, 0.3) is 0 Å². The Morgan fingerprint density at radius 2 is 2.26 bits per heavy atom. The number of hydrogen-bond donors (Lipinski definition) is 1. The lowest BCUT2D eigenvalue weighted by molar-refractivity contribution is 0.0573. The average molecular weight is 262 g/mol. The normalized spacial score (nSPS) is 19.6. The summed E-state index contributed by atoms with van der Waals surface area (Å²) >= 11 is 0. The van der Waals surface area contributed by atoms with Gasteiger partial charge in [-0.25, -0.2) is 0 Å². The molecule has 1 atom stereocenters. The number of methoxy groups -OCH3 is 1. The SMILES string of the molecule is COc1cccc(C(=O)N2CCNCC2C(C)C)c1. The quantitative estimate of drug-likeness (QED) is 0.902. The molecule has 1 amide bonds. The lowest BCUT2D eigenvalue weighted by Gasteiger charge is -2.38. The van der Waals surface area contributed by atoms with Crippen molar-refractivity contribution in [3.63, 3.8) is 0 Å². The third kappa shape index (κ3) is 3.07. The second-order valence-electron chi connectivity index (χ2n) is 5.25. The average Bonchev–Trinajstić information content (AvgIpc) is 2.46. The number of nitrogens with one attached hydrogen (secondary N) is 1. The Morgan fingerprint density at radius 3 is 2.95 bits per heavy atom. The monoisotopic (exact) mass is 262 g/mol. The summed E-state index contributed by atoms with van der Waals surface area (Å²) in [5.74, 6) is 1.27. The maximum absolute atomic E-state index is 12.6. The number of rotatable bonds is 3. The standard InChI is InChI=1S/C15H22N2O2/c1-11(2)14-10-16-7-8-17(14)15(18)12-5-4-6-13(9-12)19-3/h4-6,9,11,14,16H,7-8,10H2,1-3H3. The smallest absolute Gasteiger partial charge is 0.254 e. The van der Waals surface area contributed by atoms with Crippen molar-refractivity contribution in [1.82, 2.24) is 10.2 Å². The summed E-state index contributed by atoms with van der Waals surface area (Å²) in [5.41, 5.74) is 0.701. The number of amides is 1. The highest BCUT2D eigenvalue weighted by molar-refractivity contribution is 5.95. The van der Waals surface area contributed by atoms with Gasteiger partial charge in [0.15, 0.2) is 0 Å². The fourth-order valence-electron chi connectivity index (χ4n) is 2.50. The number of carbonyl (C=O) groups is 1. The molecular formula is C15H22N2O2.